The van der Waals surface area contributed by atoms with Crippen molar-refractivity contribution in [1.82, 2.24) is 8.87 Å². The number of rotatable bonds is 14. The lowest BCUT2D eigenvalue weighted by Gasteiger charge is -2.23. The summed E-state index contributed by atoms with van der Waals surface area (Å²) in [7, 11) is -1.19. The molecular formula is C42H44BrFN2O6S. The second-order valence-electron chi connectivity index (χ2n) is 14.4. The molecule has 11 heteroatoms. The number of hydrogen-bond acceptors (Lipinski definition) is 6. The van der Waals surface area contributed by atoms with Crippen LogP contribution in [0.15, 0.2) is 107 Å². The highest BCUT2D eigenvalue weighted by Crippen LogP contribution is 2.38. The zero-order valence-corrected chi connectivity index (χ0v) is 33.0. The number of nitrogens with zero attached hydrogens (tertiary/aromatic N) is 2. The number of aromatic nitrogens is 1. The molecule has 0 unspecified atom stereocenters. The second-order valence-corrected chi connectivity index (χ2v) is 17.2. The first-order valence-corrected chi connectivity index (χ1v) is 19.7. The third-order valence-electron chi connectivity index (χ3n) is 9.14. The maximum atomic E-state index is 16.3. The average Bonchev–Trinajstić information content (AvgIpc) is 3.87. The number of hydrogen-bond donors (Lipinski definition) is 0. The summed E-state index contributed by atoms with van der Waals surface area (Å²) in [5, 5.41) is 0. The fraction of sp³-hybridized carbons (Fsp3) is 0.310. The molecule has 1 fully saturated rings. The lowest BCUT2D eigenvalue weighted by molar-refractivity contribution is 0.00683. The monoisotopic (exact) mass is 802 g/mol. The number of carbonyl (C=O) groups excluding carboxylic acids is 1. The molecule has 6 rings (SSSR count). The highest BCUT2D eigenvalue weighted by molar-refractivity contribution is 9.10. The Hall–Kier alpha value is -4.45. The number of sulfonamides is 1. The van der Waals surface area contributed by atoms with E-state index in [9.17, 15) is 13.2 Å². The lowest BCUT2D eigenvalue weighted by atomic mass is 9.99. The van der Waals surface area contributed by atoms with E-state index in [4.69, 9.17) is 14.2 Å². The molecule has 0 aliphatic heterocycles. The predicted octanol–water partition coefficient (Wildman–Crippen LogP) is 9.29. The van der Waals surface area contributed by atoms with Gasteiger partial charge in [0.2, 0.25) is 10.0 Å². The zero-order valence-electron chi connectivity index (χ0n) is 30.6. The Balaban J connectivity index is 1.37. The molecule has 1 aliphatic carbocycles. The molecule has 5 aromatic rings. The molecule has 1 heterocycles. The molecule has 278 valence electrons. The third-order valence-corrected chi connectivity index (χ3v) is 11.5. The van der Waals surface area contributed by atoms with Crippen LogP contribution in [-0.4, -0.2) is 43.1 Å². The number of halogens is 2. The Bertz CT molecular complexity index is 2140. The van der Waals surface area contributed by atoms with Crippen LogP contribution in [0.3, 0.4) is 0 Å². The third kappa shape index (κ3) is 9.38. The minimum Gasteiger partial charge on any atom is -0.497 e. The van der Waals surface area contributed by atoms with Crippen molar-refractivity contribution in [3.63, 3.8) is 0 Å². The SMILES string of the molecule is COc1ccc(CN(Cc2ccc(OC)cc2)S(=O)(=O)c2ccc(Cc3c(CC4CC4)c(C(=O)OC(C)(C)C)cn3-c3cccc(Br)c3)cc2F)cc1. The molecule has 0 atom stereocenters. The Labute approximate surface area is 319 Å². The van der Waals surface area contributed by atoms with Gasteiger partial charge in [0.15, 0.2) is 0 Å². The summed E-state index contributed by atoms with van der Waals surface area (Å²) in [6.07, 6.45) is 4.90. The van der Waals surface area contributed by atoms with Gasteiger partial charge in [-0.15, -0.1) is 0 Å². The minimum atomic E-state index is -4.32. The van der Waals surface area contributed by atoms with Crippen LogP contribution in [0.1, 0.15) is 71.9 Å². The zero-order chi connectivity index (χ0) is 37.9. The normalized spacial score (nSPS) is 13.3. The van der Waals surface area contributed by atoms with Gasteiger partial charge >= 0.3 is 5.97 Å². The molecule has 0 spiro atoms. The summed E-state index contributed by atoms with van der Waals surface area (Å²) in [6.45, 7) is 5.54. The van der Waals surface area contributed by atoms with Crippen molar-refractivity contribution in [3.05, 3.63) is 141 Å². The molecule has 8 nitrogen and oxygen atoms in total. The first-order chi connectivity index (χ1) is 25.2. The van der Waals surface area contributed by atoms with Crippen LogP contribution < -0.4 is 9.47 Å². The maximum absolute atomic E-state index is 16.3. The molecule has 0 N–H and O–H groups in total. The highest BCUT2D eigenvalue weighted by Gasteiger charge is 2.32. The van der Waals surface area contributed by atoms with Gasteiger partial charge in [-0.1, -0.05) is 52.3 Å². The molecule has 53 heavy (non-hydrogen) atoms. The summed E-state index contributed by atoms with van der Waals surface area (Å²) in [5.41, 5.74) is 4.32. The fourth-order valence-corrected chi connectivity index (χ4v) is 8.12. The van der Waals surface area contributed by atoms with Crippen LogP contribution in [0.4, 0.5) is 4.39 Å². The van der Waals surface area contributed by atoms with Gasteiger partial charge in [-0.05, 0) is 123 Å². The number of ether oxygens (including phenoxy) is 3. The molecule has 0 amide bonds. The van der Waals surface area contributed by atoms with E-state index in [-0.39, 0.29) is 19.5 Å². The van der Waals surface area contributed by atoms with Crippen molar-refractivity contribution in [2.45, 2.75) is 70.0 Å². The average molecular weight is 804 g/mol. The quantitative estimate of drug-likeness (QED) is 0.104. The summed E-state index contributed by atoms with van der Waals surface area (Å²) in [6, 6.07) is 26.3. The van der Waals surface area contributed by atoms with Crippen LogP contribution in [0.2, 0.25) is 0 Å². The highest BCUT2D eigenvalue weighted by atomic mass is 79.9. The maximum Gasteiger partial charge on any atom is 0.340 e. The molecule has 0 bridgehead atoms. The molecule has 1 saturated carbocycles. The van der Waals surface area contributed by atoms with Crippen LogP contribution in [0, 0.1) is 11.7 Å². The van der Waals surface area contributed by atoms with Gasteiger partial charge in [-0.25, -0.2) is 17.6 Å². The summed E-state index contributed by atoms with van der Waals surface area (Å²) >= 11 is 3.57. The molecule has 1 aromatic heterocycles. The number of methoxy groups -OCH3 is 2. The smallest absolute Gasteiger partial charge is 0.340 e. The van der Waals surface area contributed by atoms with Crippen molar-refractivity contribution in [2.75, 3.05) is 14.2 Å². The number of benzene rings is 4. The van der Waals surface area contributed by atoms with E-state index in [1.54, 1.807) is 68.8 Å². The van der Waals surface area contributed by atoms with E-state index in [1.165, 1.54) is 16.4 Å². The van der Waals surface area contributed by atoms with Gasteiger partial charge in [-0.2, -0.15) is 4.31 Å². The van der Waals surface area contributed by atoms with Crippen molar-refractivity contribution >= 4 is 31.9 Å². The van der Waals surface area contributed by atoms with E-state index < -0.39 is 32.3 Å². The fourth-order valence-electron chi connectivity index (χ4n) is 6.27. The van der Waals surface area contributed by atoms with E-state index in [2.05, 4.69) is 15.9 Å². The van der Waals surface area contributed by atoms with Crippen molar-refractivity contribution < 1.29 is 31.8 Å². The Morgan fingerprint density at radius 1 is 0.868 bits per heavy atom. The Kier molecular flexibility index (Phi) is 11.5. The van der Waals surface area contributed by atoms with Crippen LogP contribution in [0.5, 0.6) is 11.5 Å². The van der Waals surface area contributed by atoms with Gasteiger partial charge in [-0.3, -0.25) is 0 Å². The lowest BCUT2D eigenvalue weighted by Crippen LogP contribution is -2.31. The largest absolute Gasteiger partial charge is 0.497 e. The topological polar surface area (TPSA) is 87.1 Å². The van der Waals surface area contributed by atoms with Crippen LogP contribution in [-0.2, 0) is 40.7 Å². The summed E-state index contributed by atoms with van der Waals surface area (Å²) in [4.78, 5) is 13.2. The number of esters is 1. The molecule has 0 radical (unpaired) electrons. The van der Waals surface area contributed by atoms with Gasteiger partial charge in [0.1, 0.15) is 27.8 Å². The van der Waals surface area contributed by atoms with Crippen molar-refractivity contribution in [2.24, 2.45) is 5.92 Å². The molecular weight excluding hydrogens is 759 g/mol. The Morgan fingerprint density at radius 2 is 1.45 bits per heavy atom. The molecule has 0 saturated heterocycles. The number of carbonyl (C=O) groups is 1. The predicted molar refractivity (Wildman–Crippen MR) is 207 cm³/mol. The van der Waals surface area contributed by atoms with Crippen LogP contribution in [0.25, 0.3) is 5.69 Å². The standard InChI is InChI=1S/C42H44BrFN2O6S/c1-42(2,3)52-41(47)37-27-46(33-8-6-7-32(43)24-33)39(36(37)21-28-9-10-28)23-31-15-20-40(38(44)22-31)53(48,49)45(25-29-11-16-34(50-4)17-12-29)26-30-13-18-35(51-5)19-14-30/h6-8,11-20,22,24,27-28H,9-10,21,23,25-26H2,1-5H3. The molecule has 4 aromatic carbocycles. The second kappa shape index (κ2) is 15.9. The van der Waals surface area contributed by atoms with Crippen LogP contribution >= 0.6 is 15.9 Å². The van der Waals surface area contributed by atoms with E-state index in [0.717, 1.165) is 45.4 Å². The van der Waals surface area contributed by atoms with E-state index in [0.29, 0.717) is 35.0 Å². The Morgan fingerprint density at radius 3 is 1.96 bits per heavy atom. The van der Waals surface area contributed by atoms with Crippen molar-refractivity contribution in [1.29, 1.82) is 0 Å². The van der Waals surface area contributed by atoms with Gasteiger partial charge in [0.25, 0.3) is 0 Å². The van der Waals surface area contributed by atoms with Gasteiger partial charge < -0.3 is 18.8 Å². The van der Waals surface area contributed by atoms with E-state index in [1.807, 2.05) is 55.8 Å². The summed E-state index contributed by atoms with van der Waals surface area (Å²) in [5.74, 6) is 0.465. The minimum absolute atomic E-state index is 0.0116. The first-order valence-electron chi connectivity index (χ1n) is 17.5. The van der Waals surface area contributed by atoms with Gasteiger partial charge in [0, 0.05) is 41.6 Å². The first kappa shape index (κ1) is 38.3. The van der Waals surface area contributed by atoms with Gasteiger partial charge in [0.05, 0.1) is 19.8 Å². The summed E-state index contributed by atoms with van der Waals surface area (Å²) < 4.78 is 65.4. The van der Waals surface area contributed by atoms with Crippen molar-refractivity contribution in [3.8, 4) is 17.2 Å². The van der Waals surface area contributed by atoms with E-state index >= 15 is 4.39 Å². The molecule has 1 aliphatic rings.